The number of aryl methyl sites for hydroxylation is 1. The highest BCUT2D eigenvalue weighted by Crippen LogP contribution is 2.28. The van der Waals surface area contributed by atoms with Crippen molar-refractivity contribution in [2.24, 2.45) is 5.73 Å². The van der Waals surface area contributed by atoms with Crippen LogP contribution in [0.4, 0.5) is 10.1 Å². The number of nitrogens with two attached hydrogens (primary N) is 1. The summed E-state index contributed by atoms with van der Waals surface area (Å²) < 4.78 is 19.8. The van der Waals surface area contributed by atoms with Crippen LogP contribution in [-0.4, -0.2) is 35.4 Å². The number of fused-ring (bicyclic) bond motifs is 1. The smallest absolute Gasteiger partial charge is 0.270 e. The Morgan fingerprint density at radius 1 is 1.14 bits per heavy atom. The summed E-state index contributed by atoms with van der Waals surface area (Å²) in [5, 5.41) is 13.8. The number of ether oxygens (including phenoxy) is 1. The van der Waals surface area contributed by atoms with Crippen LogP contribution in [0, 0.1) is 18.2 Å². The van der Waals surface area contributed by atoms with E-state index in [-0.39, 0.29) is 37.3 Å². The zero-order valence-corrected chi connectivity index (χ0v) is 20.8. The Kier molecular flexibility index (Phi) is 7.83. The molecule has 1 heterocycles. The fourth-order valence-corrected chi connectivity index (χ4v) is 4.33. The van der Waals surface area contributed by atoms with Crippen molar-refractivity contribution in [3.05, 3.63) is 99.9 Å². The van der Waals surface area contributed by atoms with Crippen LogP contribution >= 0.6 is 0 Å². The molecule has 37 heavy (non-hydrogen) atoms. The summed E-state index contributed by atoms with van der Waals surface area (Å²) >= 11 is 0. The molecule has 0 aromatic heterocycles. The highest BCUT2D eigenvalue weighted by atomic mass is 19.1. The summed E-state index contributed by atoms with van der Waals surface area (Å²) in [5.41, 5.74) is 10.4. The van der Waals surface area contributed by atoms with Crippen LogP contribution in [0.5, 0.6) is 0 Å². The molecule has 1 aliphatic heterocycles. The molecule has 0 unspecified atom stereocenters. The van der Waals surface area contributed by atoms with Crippen LogP contribution in [-0.2, 0) is 29.2 Å². The highest BCUT2D eigenvalue weighted by Gasteiger charge is 2.37. The molecule has 8 nitrogen and oxygen atoms in total. The molecule has 0 saturated heterocycles. The summed E-state index contributed by atoms with van der Waals surface area (Å²) in [7, 11) is 0. The second kappa shape index (κ2) is 11.2. The van der Waals surface area contributed by atoms with Crippen molar-refractivity contribution in [3.8, 4) is 0 Å². The number of rotatable bonds is 10. The third-order valence-electron chi connectivity index (χ3n) is 6.36. The Morgan fingerprint density at radius 3 is 2.62 bits per heavy atom. The first-order valence-corrected chi connectivity index (χ1v) is 12.0. The summed E-state index contributed by atoms with van der Waals surface area (Å²) in [6.45, 7) is 4.57. The van der Waals surface area contributed by atoms with E-state index in [9.17, 15) is 14.0 Å². The molecule has 192 valence electrons. The predicted octanol–water partition coefficient (Wildman–Crippen LogP) is 3.67. The number of hydrogen-bond donors (Lipinski definition) is 4. The lowest BCUT2D eigenvalue weighted by atomic mass is 10.1. The summed E-state index contributed by atoms with van der Waals surface area (Å²) in [6.07, 6.45) is -1.09. The topological polar surface area (TPSA) is 121 Å². The summed E-state index contributed by atoms with van der Waals surface area (Å²) in [5.74, 6) is -1.14. The monoisotopic (exact) mass is 503 g/mol. The Labute approximate surface area is 215 Å². The van der Waals surface area contributed by atoms with Crippen molar-refractivity contribution in [2.45, 2.75) is 39.7 Å². The quantitative estimate of drug-likeness (QED) is 0.249. The number of nitrogens with zero attached hydrogens (tertiary/aromatic N) is 1. The van der Waals surface area contributed by atoms with Gasteiger partial charge in [-0.25, -0.2) is 4.39 Å². The van der Waals surface area contributed by atoms with Gasteiger partial charge in [0.2, 0.25) is 6.23 Å². The SMILES string of the molecule is CCO[C@@H](C(=O)NCc1ccc(C(=N)N)cc1NCc1ccccc1F)N1Cc2c(C)cccc2C1=O. The normalized spacial score (nSPS) is 13.3. The van der Waals surface area contributed by atoms with Gasteiger partial charge < -0.3 is 26.0 Å². The van der Waals surface area contributed by atoms with Gasteiger partial charge in [0.1, 0.15) is 11.7 Å². The molecule has 3 aromatic carbocycles. The molecule has 0 radical (unpaired) electrons. The molecule has 1 atom stereocenters. The Bertz CT molecular complexity index is 1340. The van der Waals surface area contributed by atoms with E-state index in [2.05, 4.69) is 10.6 Å². The average Bonchev–Trinajstić information content (AvgIpc) is 3.22. The maximum Gasteiger partial charge on any atom is 0.270 e. The molecule has 1 aliphatic rings. The van der Waals surface area contributed by atoms with Crippen molar-refractivity contribution in [3.63, 3.8) is 0 Å². The predicted molar refractivity (Wildman–Crippen MR) is 139 cm³/mol. The number of carbonyl (C=O) groups is 2. The maximum absolute atomic E-state index is 14.1. The van der Waals surface area contributed by atoms with Gasteiger partial charge in [0.05, 0.1) is 6.54 Å². The van der Waals surface area contributed by atoms with Gasteiger partial charge in [-0.15, -0.1) is 0 Å². The number of carbonyl (C=O) groups excluding carboxylic acids is 2. The number of amidine groups is 1. The Morgan fingerprint density at radius 2 is 1.92 bits per heavy atom. The van der Waals surface area contributed by atoms with Gasteiger partial charge >= 0.3 is 0 Å². The molecule has 0 fully saturated rings. The van der Waals surface area contributed by atoms with E-state index in [0.717, 1.165) is 11.1 Å². The minimum Gasteiger partial charge on any atom is -0.384 e. The van der Waals surface area contributed by atoms with Crippen LogP contribution in [0.3, 0.4) is 0 Å². The minimum absolute atomic E-state index is 0.108. The van der Waals surface area contributed by atoms with Crippen LogP contribution in [0.1, 0.15) is 45.1 Å². The summed E-state index contributed by atoms with van der Waals surface area (Å²) in [6, 6.07) is 17.1. The van der Waals surface area contributed by atoms with E-state index in [0.29, 0.717) is 34.5 Å². The number of halogens is 1. The van der Waals surface area contributed by atoms with Gasteiger partial charge in [-0.1, -0.05) is 42.5 Å². The van der Waals surface area contributed by atoms with E-state index in [1.54, 1.807) is 49.4 Å². The molecule has 3 aromatic rings. The molecule has 5 N–H and O–H groups in total. The van der Waals surface area contributed by atoms with Crippen molar-refractivity contribution < 1.29 is 18.7 Å². The lowest BCUT2D eigenvalue weighted by molar-refractivity contribution is -0.143. The zero-order chi connectivity index (χ0) is 26.5. The second-order valence-corrected chi connectivity index (χ2v) is 8.79. The zero-order valence-electron chi connectivity index (χ0n) is 20.8. The van der Waals surface area contributed by atoms with E-state index in [1.165, 1.54) is 11.0 Å². The molecule has 4 rings (SSSR count). The van der Waals surface area contributed by atoms with Gasteiger partial charge in [0, 0.05) is 42.1 Å². The van der Waals surface area contributed by atoms with Crippen LogP contribution < -0.4 is 16.4 Å². The Hall–Kier alpha value is -4.24. The number of nitrogen functional groups attached to an aromatic ring is 1. The van der Waals surface area contributed by atoms with Gasteiger partial charge in [-0.3, -0.25) is 15.0 Å². The molecule has 0 spiro atoms. The molecule has 9 heteroatoms. The van der Waals surface area contributed by atoms with Crippen LogP contribution in [0.2, 0.25) is 0 Å². The van der Waals surface area contributed by atoms with Crippen LogP contribution in [0.15, 0.2) is 60.7 Å². The number of nitrogens with one attached hydrogen (secondary N) is 3. The molecular weight excluding hydrogens is 473 g/mol. The standard InChI is InChI=1S/C28H30FN5O3/c1-3-37-28(34-16-22-17(2)7-6-9-21(22)27(34)36)26(35)33-15-20-12-11-18(25(30)31)13-24(20)32-14-19-8-4-5-10-23(19)29/h4-13,28,32H,3,14-16H2,1-2H3,(H3,30,31)(H,33,35)/t28-/m0/s1. The lowest BCUT2D eigenvalue weighted by Gasteiger charge is -2.26. The van der Waals surface area contributed by atoms with E-state index < -0.39 is 12.1 Å². The van der Waals surface area contributed by atoms with Crippen molar-refractivity contribution in [1.82, 2.24) is 10.2 Å². The van der Waals surface area contributed by atoms with Crippen molar-refractivity contribution in [1.29, 1.82) is 5.41 Å². The molecule has 0 saturated carbocycles. The number of amides is 2. The third-order valence-corrected chi connectivity index (χ3v) is 6.36. The van der Waals surface area contributed by atoms with Crippen molar-refractivity contribution in [2.75, 3.05) is 11.9 Å². The molecular formula is C28H30FN5O3. The van der Waals surface area contributed by atoms with Crippen LogP contribution in [0.25, 0.3) is 0 Å². The van der Waals surface area contributed by atoms with Gasteiger partial charge in [-0.2, -0.15) is 0 Å². The first kappa shape index (κ1) is 25.8. The number of benzene rings is 3. The first-order valence-electron chi connectivity index (χ1n) is 12.0. The van der Waals surface area contributed by atoms with E-state index in [1.807, 2.05) is 19.1 Å². The van der Waals surface area contributed by atoms with Crippen molar-refractivity contribution >= 4 is 23.3 Å². The lowest BCUT2D eigenvalue weighted by Crippen LogP contribution is -2.48. The third kappa shape index (κ3) is 5.62. The van der Waals surface area contributed by atoms with E-state index >= 15 is 0 Å². The van der Waals surface area contributed by atoms with Gasteiger partial charge in [0.25, 0.3) is 11.8 Å². The average molecular weight is 504 g/mol. The maximum atomic E-state index is 14.1. The minimum atomic E-state index is -1.09. The second-order valence-electron chi connectivity index (χ2n) is 8.79. The largest absolute Gasteiger partial charge is 0.384 e. The fourth-order valence-electron chi connectivity index (χ4n) is 4.33. The molecule has 2 amide bonds. The highest BCUT2D eigenvalue weighted by molar-refractivity contribution is 6.01. The molecule has 0 aliphatic carbocycles. The molecule has 0 bridgehead atoms. The first-order chi connectivity index (χ1) is 17.8. The summed E-state index contributed by atoms with van der Waals surface area (Å²) in [4.78, 5) is 27.7. The number of hydrogen-bond acceptors (Lipinski definition) is 5. The fraction of sp³-hybridized carbons (Fsp3) is 0.250. The van der Waals surface area contributed by atoms with Gasteiger partial charge in [-0.05, 0) is 48.7 Å². The Balaban J connectivity index is 1.50. The van der Waals surface area contributed by atoms with Gasteiger partial charge in [0.15, 0.2) is 0 Å². The number of anilines is 1. The van der Waals surface area contributed by atoms with E-state index in [4.69, 9.17) is 15.9 Å².